The zero-order valence-electron chi connectivity index (χ0n) is 15.5. The number of nitrogens with zero attached hydrogens (tertiary/aromatic N) is 4. The third kappa shape index (κ3) is 2.63. The Bertz CT molecular complexity index is 962. The first-order valence-corrected chi connectivity index (χ1v) is 9.23. The van der Waals surface area contributed by atoms with Crippen LogP contribution in [0.15, 0.2) is 42.5 Å². The molecule has 0 fully saturated rings. The van der Waals surface area contributed by atoms with E-state index in [-0.39, 0.29) is 11.6 Å². The second-order valence-corrected chi connectivity index (χ2v) is 8.12. The van der Waals surface area contributed by atoms with Gasteiger partial charge >= 0.3 is 0 Å². The SMILES string of the molecule is Cc1c(Cl)cccc1-n1nnnc1[C@@H]1c2ccccc2CC(C)(C)[NH+]1C. The Balaban J connectivity index is 1.92. The van der Waals surface area contributed by atoms with Gasteiger partial charge < -0.3 is 4.90 Å². The van der Waals surface area contributed by atoms with Crippen molar-refractivity contribution in [3.8, 4) is 5.69 Å². The van der Waals surface area contributed by atoms with Crippen LogP contribution in [0.3, 0.4) is 0 Å². The highest BCUT2D eigenvalue weighted by atomic mass is 35.5. The molecular weight excluding hydrogens is 346 g/mol. The fourth-order valence-electron chi connectivity index (χ4n) is 3.92. The summed E-state index contributed by atoms with van der Waals surface area (Å²) in [6, 6.07) is 14.5. The first-order valence-electron chi connectivity index (χ1n) is 8.85. The van der Waals surface area contributed by atoms with Gasteiger partial charge in [0.2, 0.25) is 5.82 Å². The van der Waals surface area contributed by atoms with Crippen molar-refractivity contribution >= 4 is 11.6 Å². The van der Waals surface area contributed by atoms with Crippen LogP contribution in [-0.4, -0.2) is 32.8 Å². The largest absolute Gasteiger partial charge is 0.320 e. The van der Waals surface area contributed by atoms with Crippen LogP contribution in [-0.2, 0) is 6.42 Å². The van der Waals surface area contributed by atoms with E-state index < -0.39 is 0 Å². The molecule has 0 amide bonds. The number of nitrogens with one attached hydrogen (secondary N) is 1. The van der Waals surface area contributed by atoms with Crippen LogP contribution < -0.4 is 4.90 Å². The van der Waals surface area contributed by atoms with E-state index in [9.17, 15) is 0 Å². The Hall–Kier alpha value is -2.24. The van der Waals surface area contributed by atoms with E-state index in [1.807, 2.05) is 29.8 Å². The number of fused-ring (bicyclic) bond motifs is 1. The van der Waals surface area contributed by atoms with Crippen LogP contribution in [0.1, 0.15) is 42.4 Å². The van der Waals surface area contributed by atoms with Crippen LogP contribution >= 0.6 is 11.6 Å². The lowest BCUT2D eigenvalue weighted by molar-refractivity contribution is -0.957. The summed E-state index contributed by atoms with van der Waals surface area (Å²) in [7, 11) is 2.23. The maximum Gasteiger partial charge on any atom is 0.219 e. The minimum absolute atomic E-state index is 0.0586. The van der Waals surface area contributed by atoms with E-state index in [0.717, 1.165) is 23.5 Å². The van der Waals surface area contributed by atoms with E-state index in [2.05, 4.69) is 60.7 Å². The molecule has 0 bridgehead atoms. The normalized spacial score (nSPS) is 21.4. The molecule has 0 radical (unpaired) electrons. The monoisotopic (exact) mass is 368 g/mol. The van der Waals surface area contributed by atoms with Gasteiger partial charge in [-0.15, -0.1) is 5.10 Å². The fourth-order valence-corrected chi connectivity index (χ4v) is 4.09. The van der Waals surface area contributed by atoms with Gasteiger partial charge in [0.15, 0.2) is 6.04 Å². The Morgan fingerprint density at radius 1 is 1.15 bits per heavy atom. The van der Waals surface area contributed by atoms with Crippen molar-refractivity contribution in [2.45, 2.75) is 38.8 Å². The van der Waals surface area contributed by atoms with Crippen molar-refractivity contribution in [3.63, 3.8) is 0 Å². The first-order chi connectivity index (χ1) is 12.4. The van der Waals surface area contributed by atoms with E-state index >= 15 is 0 Å². The molecule has 26 heavy (non-hydrogen) atoms. The van der Waals surface area contributed by atoms with Crippen LogP contribution in [0, 0.1) is 6.92 Å². The summed E-state index contributed by atoms with van der Waals surface area (Å²) >= 11 is 6.34. The number of aromatic nitrogens is 4. The highest BCUT2D eigenvalue weighted by Crippen LogP contribution is 2.31. The Labute approximate surface area is 158 Å². The third-order valence-electron chi connectivity index (χ3n) is 5.72. The molecule has 3 aromatic rings. The number of likely N-dealkylation sites (N-methyl/N-ethyl adjacent to an activating group) is 1. The topological polar surface area (TPSA) is 48.0 Å². The highest BCUT2D eigenvalue weighted by Gasteiger charge is 2.44. The summed E-state index contributed by atoms with van der Waals surface area (Å²) in [5.41, 5.74) is 4.64. The van der Waals surface area contributed by atoms with Gasteiger partial charge in [-0.25, -0.2) is 0 Å². The molecule has 0 aliphatic carbocycles. The number of tetrazole rings is 1. The molecule has 0 saturated heterocycles. The maximum atomic E-state index is 6.34. The summed E-state index contributed by atoms with van der Waals surface area (Å²) in [6.45, 7) is 6.59. The van der Waals surface area contributed by atoms with Gasteiger partial charge in [-0.1, -0.05) is 41.9 Å². The van der Waals surface area contributed by atoms with Crippen LogP contribution in [0.4, 0.5) is 0 Å². The van der Waals surface area contributed by atoms with Crippen molar-refractivity contribution in [2.75, 3.05) is 7.05 Å². The Morgan fingerprint density at radius 3 is 2.73 bits per heavy atom. The molecule has 0 spiro atoms. The average Bonchev–Trinajstić information content (AvgIpc) is 3.07. The lowest BCUT2D eigenvalue weighted by Gasteiger charge is -2.42. The number of benzene rings is 2. The van der Waals surface area contributed by atoms with Gasteiger partial charge in [-0.05, 0) is 54.5 Å². The van der Waals surface area contributed by atoms with Gasteiger partial charge in [0, 0.05) is 17.0 Å². The van der Waals surface area contributed by atoms with E-state index in [1.54, 1.807) is 0 Å². The number of quaternary nitrogens is 1. The maximum absolute atomic E-state index is 6.34. The molecule has 4 rings (SSSR count). The lowest BCUT2D eigenvalue weighted by atomic mass is 9.81. The third-order valence-corrected chi connectivity index (χ3v) is 6.13. The van der Waals surface area contributed by atoms with Crippen molar-refractivity contribution in [3.05, 3.63) is 70.0 Å². The summed E-state index contributed by atoms with van der Waals surface area (Å²) in [5.74, 6) is 0.841. The van der Waals surface area contributed by atoms with Crippen LogP contribution in [0.2, 0.25) is 5.02 Å². The predicted molar refractivity (Wildman–Crippen MR) is 102 cm³/mol. The molecule has 1 aromatic heterocycles. The molecule has 2 aromatic carbocycles. The molecule has 0 saturated carbocycles. The molecule has 2 atom stereocenters. The van der Waals surface area contributed by atoms with Crippen molar-refractivity contribution in [1.29, 1.82) is 0 Å². The zero-order valence-corrected chi connectivity index (χ0v) is 16.2. The van der Waals surface area contributed by atoms with Gasteiger partial charge in [-0.2, -0.15) is 4.68 Å². The Morgan fingerprint density at radius 2 is 1.92 bits per heavy atom. The van der Waals surface area contributed by atoms with Crippen molar-refractivity contribution in [2.24, 2.45) is 0 Å². The molecule has 1 N–H and O–H groups in total. The predicted octanol–water partition coefficient (Wildman–Crippen LogP) is 2.56. The first kappa shape index (κ1) is 17.2. The fraction of sp³-hybridized carbons (Fsp3) is 0.350. The van der Waals surface area contributed by atoms with Gasteiger partial charge in [-0.3, -0.25) is 0 Å². The number of rotatable bonds is 2. The summed E-state index contributed by atoms with van der Waals surface area (Å²) < 4.78 is 1.84. The van der Waals surface area contributed by atoms with Gasteiger partial charge in [0.05, 0.1) is 18.3 Å². The van der Waals surface area contributed by atoms with Gasteiger partial charge in [0.25, 0.3) is 0 Å². The minimum Gasteiger partial charge on any atom is -0.320 e. The average molecular weight is 369 g/mol. The van der Waals surface area contributed by atoms with Gasteiger partial charge in [0.1, 0.15) is 0 Å². The quantitative estimate of drug-likeness (QED) is 0.756. The molecule has 6 heteroatoms. The number of hydrogen-bond donors (Lipinski definition) is 1. The van der Waals surface area contributed by atoms with Crippen molar-refractivity contribution < 1.29 is 4.90 Å². The second kappa shape index (κ2) is 6.18. The van der Waals surface area contributed by atoms with Crippen LogP contribution in [0.25, 0.3) is 5.69 Å². The molecule has 134 valence electrons. The molecule has 1 unspecified atom stereocenters. The van der Waals surface area contributed by atoms with E-state index in [4.69, 9.17) is 11.6 Å². The minimum atomic E-state index is 0.0586. The second-order valence-electron chi connectivity index (χ2n) is 7.71. The zero-order chi connectivity index (χ0) is 18.5. The Kier molecular flexibility index (Phi) is 4.09. The molecule has 1 aliphatic heterocycles. The number of hydrogen-bond acceptors (Lipinski definition) is 3. The summed E-state index contributed by atoms with van der Waals surface area (Å²) in [6.07, 6.45) is 1.03. The summed E-state index contributed by atoms with van der Waals surface area (Å²) in [5, 5.41) is 13.5. The molecular formula is C20H23ClN5+. The van der Waals surface area contributed by atoms with Crippen LogP contribution in [0.5, 0.6) is 0 Å². The molecule has 5 nitrogen and oxygen atoms in total. The van der Waals surface area contributed by atoms with Crippen molar-refractivity contribution in [1.82, 2.24) is 20.2 Å². The number of halogens is 1. The molecule has 1 aliphatic rings. The highest BCUT2D eigenvalue weighted by molar-refractivity contribution is 6.31. The van der Waals surface area contributed by atoms with E-state index in [0.29, 0.717) is 5.02 Å². The smallest absolute Gasteiger partial charge is 0.219 e. The molecule has 2 heterocycles. The standard InChI is InChI=1S/C20H22ClN5/c1-13-16(21)10-7-11-17(13)26-19(22-23-24-26)18-15-9-6-5-8-14(15)12-20(2,3)25(18)4/h5-11,18H,12H2,1-4H3/p+1/t18-/m0/s1. The van der Waals surface area contributed by atoms with E-state index in [1.165, 1.54) is 16.0 Å². The lowest BCUT2D eigenvalue weighted by Crippen LogP contribution is -3.18. The summed E-state index contributed by atoms with van der Waals surface area (Å²) in [4.78, 5) is 1.38.